The van der Waals surface area contributed by atoms with Gasteiger partial charge in [-0.3, -0.25) is 0 Å². The Morgan fingerprint density at radius 3 is 2.95 bits per heavy atom. The largest absolute Gasteiger partial charge is 0.477 e. The van der Waals surface area contributed by atoms with Gasteiger partial charge in [0.15, 0.2) is 0 Å². The number of fused-ring (bicyclic) bond motifs is 3. The minimum atomic E-state index is -0.391. The van der Waals surface area contributed by atoms with Gasteiger partial charge >= 0.3 is 5.97 Å². The van der Waals surface area contributed by atoms with Crippen LogP contribution in [0.1, 0.15) is 16.8 Å². The fraction of sp³-hybridized carbons (Fsp3) is 0.250. The minimum Gasteiger partial charge on any atom is -0.477 e. The van der Waals surface area contributed by atoms with Crippen molar-refractivity contribution >= 4 is 38.3 Å². The molecule has 2 heterocycles. The van der Waals surface area contributed by atoms with Gasteiger partial charge in [-0.1, -0.05) is 6.07 Å². The number of benzene rings is 1. The van der Waals surface area contributed by atoms with Gasteiger partial charge in [-0.2, -0.15) is 0 Å². The van der Waals surface area contributed by atoms with Crippen LogP contribution >= 0.6 is 11.3 Å². The van der Waals surface area contributed by atoms with Crippen LogP contribution < -0.4 is 4.74 Å². The molecule has 1 aromatic carbocycles. The van der Waals surface area contributed by atoms with E-state index in [0.29, 0.717) is 30.0 Å². The second-order valence-corrected chi connectivity index (χ2v) is 5.65. The number of rotatable bonds is 5. The van der Waals surface area contributed by atoms with Crippen LogP contribution in [0.2, 0.25) is 0 Å². The predicted molar refractivity (Wildman–Crippen MR) is 85.7 cm³/mol. The lowest BCUT2D eigenvalue weighted by Crippen LogP contribution is -2.03. The van der Waals surface area contributed by atoms with Gasteiger partial charge in [0.05, 0.1) is 30.2 Å². The highest BCUT2D eigenvalue weighted by Gasteiger charge is 2.13. The van der Waals surface area contributed by atoms with E-state index in [-0.39, 0.29) is 6.61 Å². The molecule has 0 radical (unpaired) electrons. The van der Waals surface area contributed by atoms with E-state index in [1.54, 1.807) is 23.5 Å². The summed E-state index contributed by atoms with van der Waals surface area (Å²) in [4.78, 5) is 16.2. The molecule has 0 spiro atoms. The first-order valence-electron chi connectivity index (χ1n) is 6.87. The average Bonchev–Trinajstić information content (AvgIpc) is 3.03. The molecule has 0 bridgehead atoms. The number of aliphatic hydroxyl groups excluding tert-OH is 1. The van der Waals surface area contributed by atoms with Gasteiger partial charge in [0.25, 0.3) is 0 Å². The number of pyridine rings is 1. The van der Waals surface area contributed by atoms with Crippen molar-refractivity contribution in [2.45, 2.75) is 6.42 Å². The molecule has 0 unspecified atom stereocenters. The molecule has 6 heteroatoms. The van der Waals surface area contributed by atoms with Crippen molar-refractivity contribution in [3.63, 3.8) is 0 Å². The molecule has 0 saturated heterocycles. The number of ether oxygens (including phenoxy) is 2. The van der Waals surface area contributed by atoms with Crippen LogP contribution in [0, 0.1) is 0 Å². The molecular weight excluding hydrogens is 302 g/mol. The zero-order valence-corrected chi connectivity index (χ0v) is 12.9. The van der Waals surface area contributed by atoms with Crippen LogP contribution in [0.4, 0.5) is 0 Å². The molecule has 0 fully saturated rings. The van der Waals surface area contributed by atoms with Gasteiger partial charge in [0.2, 0.25) is 5.88 Å². The highest BCUT2D eigenvalue weighted by atomic mass is 32.1. The fourth-order valence-corrected chi connectivity index (χ4v) is 3.18. The van der Waals surface area contributed by atoms with Crippen molar-refractivity contribution in [1.29, 1.82) is 0 Å². The van der Waals surface area contributed by atoms with Crippen LogP contribution in [-0.2, 0) is 4.74 Å². The molecule has 22 heavy (non-hydrogen) atoms. The van der Waals surface area contributed by atoms with Gasteiger partial charge in [-0.25, -0.2) is 9.78 Å². The molecular formula is C16H15NO4S. The summed E-state index contributed by atoms with van der Waals surface area (Å²) in [7, 11) is 1.35. The van der Waals surface area contributed by atoms with Crippen LogP contribution in [0.5, 0.6) is 5.88 Å². The Bertz CT molecular complexity index is 827. The fourth-order valence-electron chi connectivity index (χ4n) is 2.26. The number of thiophene rings is 1. The Morgan fingerprint density at radius 1 is 1.32 bits per heavy atom. The molecule has 0 aliphatic heterocycles. The van der Waals surface area contributed by atoms with Crippen LogP contribution in [-0.4, -0.2) is 36.4 Å². The van der Waals surface area contributed by atoms with Crippen molar-refractivity contribution in [2.24, 2.45) is 0 Å². The van der Waals surface area contributed by atoms with Gasteiger partial charge in [-0.15, -0.1) is 11.3 Å². The first-order chi connectivity index (χ1) is 10.7. The van der Waals surface area contributed by atoms with Crippen molar-refractivity contribution in [3.05, 3.63) is 35.2 Å². The lowest BCUT2D eigenvalue weighted by molar-refractivity contribution is 0.0601. The van der Waals surface area contributed by atoms with E-state index < -0.39 is 5.97 Å². The third-order valence-electron chi connectivity index (χ3n) is 3.32. The van der Waals surface area contributed by atoms with Crippen molar-refractivity contribution in [1.82, 2.24) is 4.98 Å². The van der Waals surface area contributed by atoms with Crippen LogP contribution in [0.25, 0.3) is 21.0 Å². The summed E-state index contributed by atoms with van der Waals surface area (Å²) in [5, 5.41) is 12.8. The van der Waals surface area contributed by atoms with E-state index >= 15 is 0 Å². The lowest BCUT2D eigenvalue weighted by atomic mass is 10.1. The summed E-state index contributed by atoms with van der Waals surface area (Å²) in [5.74, 6) is 0.136. The van der Waals surface area contributed by atoms with Gasteiger partial charge in [-0.05, 0) is 23.6 Å². The number of aromatic nitrogens is 1. The summed E-state index contributed by atoms with van der Waals surface area (Å²) in [6, 6.07) is 7.29. The van der Waals surface area contributed by atoms with Gasteiger partial charge in [0.1, 0.15) is 0 Å². The molecule has 0 aliphatic carbocycles. The maximum Gasteiger partial charge on any atom is 0.337 e. The Balaban J connectivity index is 2.12. The van der Waals surface area contributed by atoms with Gasteiger partial charge < -0.3 is 14.6 Å². The summed E-state index contributed by atoms with van der Waals surface area (Å²) in [6.45, 7) is 0.476. The van der Waals surface area contributed by atoms with Crippen molar-refractivity contribution < 1.29 is 19.4 Å². The number of methoxy groups -OCH3 is 1. The number of nitrogens with zero attached hydrogens (tertiary/aromatic N) is 1. The number of carbonyl (C=O) groups excluding carboxylic acids is 1. The maximum atomic E-state index is 11.7. The second-order valence-electron chi connectivity index (χ2n) is 4.73. The van der Waals surface area contributed by atoms with Crippen LogP contribution in [0.15, 0.2) is 29.6 Å². The Morgan fingerprint density at radius 2 is 2.18 bits per heavy atom. The number of esters is 1. The van der Waals surface area contributed by atoms with E-state index in [1.165, 1.54) is 7.11 Å². The van der Waals surface area contributed by atoms with E-state index in [4.69, 9.17) is 14.6 Å². The third kappa shape index (κ3) is 2.63. The van der Waals surface area contributed by atoms with E-state index in [9.17, 15) is 4.79 Å². The Hall–Kier alpha value is -2.18. The summed E-state index contributed by atoms with van der Waals surface area (Å²) in [5.41, 5.74) is 1.15. The molecule has 3 rings (SSSR count). The standard InChI is InChI=1S/C16H15NO4S/c1-20-16(19)10-3-4-11-13(9-10)17-15(21-7-2-6-18)12-5-8-22-14(11)12/h3-5,8-9,18H,2,6-7H2,1H3. The maximum absolute atomic E-state index is 11.7. The van der Waals surface area contributed by atoms with Crippen LogP contribution in [0.3, 0.4) is 0 Å². The first kappa shape index (κ1) is 14.7. The van der Waals surface area contributed by atoms with Gasteiger partial charge in [0, 0.05) is 23.1 Å². The monoisotopic (exact) mass is 317 g/mol. The summed E-state index contributed by atoms with van der Waals surface area (Å²) < 4.78 is 11.5. The summed E-state index contributed by atoms with van der Waals surface area (Å²) in [6.07, 6.45) is 0.549. The molecule has 1 N–H and O–H groups in total. The second kappa shape index (κ2) is 6.29. The lowest BCUT2D eigenvalue weighted by Gasteiger charge is -2.09. The van der Waals surface area contributed by atoms with E-state index in [2.05, 4.69) is 4.98 Å². The zero-order valence-electron chi connectivity index (χ0n) is 12.0. The highest BCUT2D eigenvalue weighted by Crippen LogP contribution is 2.35. The molecule has 0 amide bonds. The smallest absolute Gasteiger partial charge is 0.337 e. The van der Waals surface area contributed by atoms with Crippen molar-refractivity contribution in [2.75, 3.05) is 20.3 Å². The molecule has 3 aromatic rings. The highest BCUT2D eigenvalue weighted by molar-refractivity contribution is 7.18. The topological polar surface area (TPSA) is 68.7 Å². The Labute approximate surface area is 131 Å². The number of carbonyl (C=O) groups is 1. The van der Waals surface area contributed by atoms with E-state index in [1.807, 2.05) is 17.5 Å². The number of hydrogen-bond acceptors (Lipinski definition) is 6. The molecule has 2 aromatic heterocycles. The third-order valence-corrected chi connectivity index (χ3v) is 4.27. The number of hydrogen-bond donors (Lipinski definition) is 1. The molecule has 0 saturated carbocycles. The molecule has 0 aliphatic rings. The Kier molecular flexibility index (Phi) is 4.22. The first-order valence-corrected chi connectivity index (χ1v) is 7.75. The quantitative estimate of drug-likeness (QED) is 0.579. The zero-order chi connectivity index (χ0) is 15.5. The molecule has 0 atom stereocenters. The average molecular weight is 317 g/mol. The van der Waals surface area contributed by atoms with E-state index in [0.717, 1.165) is 15.5 Å². The van der Waals surface area contributed by atoms with Crippen molar-refractivity contribution in [3.8, 4) is 5.88 Å². The molecule has 114 valence electrons. The normalized spacial score (nSPS) is 11.0. The SMILES string of the molecule is COC(=O)c1ccc2c(c1)nc(OCCCO)c1ccsc12. The molecule has 5 nitrogen and oxygen atoms in total. The summed E-state index contributed by atoms with van der Waals surface area (Å²) >= 11 is 1.60. The number of aliphatic hydroxyl groups is 1. The minimum absolute atomic E-state index is 0.0762. The predicted octanol–water partition coefficient (Wildman–Crippen LogP) is 3.00.